The zero-order valence-electron chi connectivity index (χ0n) is 28.4. The molecule has 10 rings (SSSR count). The Morgan fingerprint density at radius 1 is 0.346 bits per heavy atom. The van der Waals surface area contributed by atoms with E-state index in [4.69, 9.17) is 15.0 Å². The summed E-state index contributed by atoms with van der Waals surface area (Å²) in [5.41, 5.74) is 13.1. The highest BCUT2D eigenvalue weighted by molar-refractivity contribution is 5.90. The lowest BCUT2D eigenvalue weighted by atomic mass is 10.0. The summed E-state index contributed by atoms with van der Waals surface area (Å²) in [6.07, 6.45) is 0. The van der Waals surface area contributed by atoms with Crippen molar-refractivity contribution in [1.82, 2.24) is 28.7 Å². The number of imidazole rings is 3. The number of hydrogen-bond donors (Lipinski definition) is 0. The van der Waals surface area contributed by atoms with Gasteiger partial charge in [-0.1, -0.05) is 91.0 Å². The third kappa shape index (κ3) is 4.84. The number of fused-ring (bicyclic) bond motifs is 3. The van der Waals surface area contributed by atoms with Crippen LogP contribution in [-0.4, -0.2) is 28.7 Å². The third-order valence-corrected chi connectivity index (χ3v) is 9.78. The second-order valence-corrected chi connectivity index (χ2v) is 13.0. The Hall–Kier alpha value is -7.05. The molecule has 3 heterocycles. The maximum Gasteiger partial charge on any atom is 0.145 e. The van der Waals surface area contributed by atoms with E-state index in [0.29, 0.717) is 0 Å². The van der Waals surface area contributed by atoms with Crippen molar-refractivity contribution in [2.45, 2.75) is 6.92 Å². The van der Waals surface area contributed by atoms with Crippen LogP contribution in [-0.2, 0) is 0 Å². The van der Waals surface area contributed by atoms with Crippen LogP contribution in [0.3, 0.4) is 0 Å². The first-order valence-corrected chi connectivity index (χ1v) is 17.5. The summed E-state index contributed by atoms with van der Waals surface area (Å²) in [5, 5.41) is 0. The topological polar surface area (TPSA) is 53.5 Å². The maximum absolute atomic E-state index is 5.33. The van der Waals surface area contributed by atoms with Crippen LogP contribution in [0.15, 0.2) is 176 Å². The predicted octanol–water partition coefficient (Wildman–Crippen LogP) is 11.0. The summed E-state index contributed by atoms with van der Waals surface area (Å²) in [4.78, 5) is 15.9. The van der Waals surface area contributed by atoms with Crippen molar-refractivity contribution in [1.29, 1.82) is 0 Å². The van der Waals surface area contributed by atoms with Crippen LogP contribution < -0.4 is 0 Å². The van der Waals surface area contributed by atoms with E-state index < -0.39 is 0 Å². The van der Waals surface area contributed by atoms with Crippen LogP contribution in [0, 0.1) is 6.92 Å². The molecule has 0 radical (unpaired) electrons. The number of benzene rings is 7. The van der Waals surface area contributed by atoms with E-state index in [2.05, 4.69) is 166 Å². The van der Waals surface area contributed by atoms with Gasteiger partial charge in [0, 0.05) is 28.1 Å². The van der Waals surface area contributed by atoms with Gasteiger partial charge in [-0.3, -0.25) is 13.7 Å². The van der Waals surface area contributed by atoms with Gasteiger partial charge in [0.15, 0.2) is 0 Å². The quantitative estimate of drug-likeness (QED) is 0.177. The minimum atomic E-state index is 0.844. The van der Waals surface area contributed by atoms with Gasteiger partial charge in [0.2, 0.25) is 0 Å². The molecule has 10 aromatic rings. The summed E-state index contributed by atoms with van der Waals surface area (Å²) in [6.45, 7) is 2.15. The molecule has 7 aromatic carbocycles. The molecule has 0 fully saturated rings. The molecule has 0 saturated carbocycles. The monoisotopic (exact) mass is 668 g/mol. The predicted molar refractivity (Wildman–Crippen MR) is 211 cm³/mol. The molecule has 246 valence electrons. The molecule has 0 aliphatic carbocycles. The van der Waals surface area contributed by atoms with Crippen LogP contribution in [0.4, 0.5) is 0 Å². The van der Waals surface area contributed by atoms with Gasteiger partial charge in [-0.05, 0) is 97.4 Å². The zero-order valence-corrected chi connectivity index (χ0v) is 28.4. The number of para-hydroxylation sites is 9. The van der Waals surface area contributed by atoms with Crippen molar-refractivity contribution in [3.63, 3.8) is 0 Å². The normalized spacial score (nSPS) is 11.6. The molecule has 0 saturated heterocycles. The molecule has 0 aliphatic heterocycles. The van der Waals surface area contributed by atoms with Gasteiger partial charge in [0.1, 0.15) is 17.5 Å². The van der Waals surface area contributed by atoms with E-state index in [1.165, 1.54) is 5.56 Å². The molecular formula is C46H32N6. The largest absolute Gasteiger partial charge is 0.292 e. The van der Waals surface area contributed by atoms with Crippen LogP contribution >= 0.6 is 0 Å². The average Bonchev–Trinajstić information content (AvgIpc) is 3.91. The summed E-state index contributed by atoms with van der Waals surface area (Å²) in [5.74, 6) is 2.54. The van der Waals surface area contributed by atoms with Crippen LogP contribution in [0.1, 0.15) is 5.56 Å². The minimum Gasteiger partial charge on any atom is -0.292 e. The van der Waals surface area contributed by atoms with Crippen LogP contribution in [0.25, 0.3) is 84.3 Å². The third-order valence-electron chi connectivity index (χ3n) is 9.78. The lowest BCUT2D eigenvalue weighted by Crippen LogP contribution is -2.02. The van der Waals surface area contributed by atoms with Gasteiger partial charge in [0.05, 0.1) is 38.8 Å². The molecule has 0 spiro atoms. The first kappa shape index (κ1) is 29.8. The molecule has 0 aliphatic rings. The Morgan fingerprint density at radius 2 is 0.692 bits per heavy atom. The number of aryl methyl sites for hydroxylation is 1. The molecule has 0 N–H and O–H groups in total. The SMILES string of the molecule is Cc1ccccc1-n1c(-c2cc(-c3nc4ccccc4n3-c3ccccc3)cc(-c3nc4ccccc4n3-c3ccccc3)c2)nc2ccccc21. The second-order valence-electron chi connectivity index (χ2n) is 13.0. The first-order valence-electron chi connectivity index (χ1n) is 17.5. The summed E-state index contributed by atoms with van der Waals surface area (Å²) >= 11 is 0. The molecular weight excluding hydrogens is 637 g/mol. The lowest BCUT2D eigenvalue weighted by Gasteiger charge is -2.16. The van der Waals surface area contributed by atoms with E-state index >= 15 is 0 Å². The summed E-state index contributed by atoms with van der Waals surface area (Å²) < 4.78 is 6.79. The molecule has 6 heteroatoms. The average molecular weight is 669 g/mol. The van der Waals surface area contributed by atoms with E-state index in [-0.39, 0.29) is 0 Å². The Morgan fingerprint density at radius 3 is 1.13 bits per heavy atom. The van der Waals surface area contributed by atoms with Crippen molar-refractivity contribution in [2.24, 2.45) is 0 Å². The Bertz CT molecular complexity index is 2780. The first-order chi connectivity index (χ1) is 25.7. The molecule has 0 atom stereocenters. The van der Waals surface area contributed by atoms with E-state index in [0.717, 1.165) is 84.3 Å². The lowest BCUT2D eigenvalue weighted by molar-refractivity contribution is 1.08. The number of nitrogens with zero attached hydrogens (tertiary/aromatic N) is 6. The minimum absolute atomic E-state index is 0.844. The van der Waals surface area contributed by atoms with Gasteiger partial charge in [-0.25, -0.2) is 15.0 Å². The van der Waals surface area contributed by atoms with Gasteiger partial charge < -0.3 is 0 Å². The van der Waals surface area contributed by atoms with Crippen LogP contribution in [0.2, 0.25) is 0 Å². The van der Waals surface area contributed by atoms with Crippen molar-refractivity contribution in [2.75, 3.05) is 0 Å². The molecule has 0 amide bonds. The molecule has 3 aromatic heterocycles. The molecule has 0 unspecified atom stereocenters. The van der Waals surface area contributed by atoms with Crippen molar-refractivity contribution < 1.29 is 0 Å². The van der Waals surface area contributed by atoms with Crippen molar-refractivity contribution in [3.05, 3.63) is 181 Å². The van der Waals surface area contributed by atoms with E-state index in [9.17, 15) is 0 Å². The highest BCUT2D eigenvalue weighted by Crippen LogP contribution is 2.39. The van der Waals surface area contributed by atoms with Gasteiger partial charge in [-0.2, -0.15) is 0 Å². The van der Waals surface area contributed by atoms with Gasteiger partial charge in [-0.15, -0.1) is 0 Å². The molecule has 52 heavy (non-hydrogen) atoms. The van der Waals surface area contributed by atoms with E-state index in [1.807, 2.05) is 30.3 Å². The Labute approximate surface area is 300 Å². The fourth-order valence-corrected chi connectivity index (χ4v) is 7.41. The summed E-state index contributed by atoms with van der Waals surface area (Å²) in [6, 6.07) is 61.1. The molecule has 0 bridgehead atoms. The Balaban J connectivity index is 1.32. The smallest absolute Gasteiger partial charge is 0.145 e. The van der Waals surface area contributed by atoms with Crippen molar-refractivity contribution in [3.8, 4) is 51.2 Å². The van der Waals surface area contributed by atoms with Crippen molar-refractivity contribution >= 4 is 33.1 Å². The fraction of sp³-hybridized carbons (Fsp3) is 0.0217. The Kier molecular flexibility index (Phi) is 6.93. The van der Waals surface area contributed by atoms with E-state index in [1.54, 1.807) is 0 Å². The van der Waals surface area contributed by atoms with Crippen LogP contribution in [0.5, 0.6) is 0 Å². The zero-order chi connectivity index (χ0) is 34.6. The standard InChI is InChI=1S/C46H32N6/c1-31-16-8-12-24-40(31)52-43-27-15-11-23-39(43)49-46(52)34-29-32(44-47-37-21-9-13-25-41(37)50(44)35-17-4-2-5-18-35)28-33(30-34)45-48-38-22-10-14-26-42(38)51(45)36-19-6-3-7-20-36/h2-30H,1H3. The maximum atomic E-state index is 5.33. The molecule has 6 nitrogen and oxygen atoms in total. The summed E-state index contributed by atoms with van der Waals surface area (Å²) in [7, 11) is 0. The van der Waals surface area contributed by atoms with Gasteiger partial charge in [0.25, 0.3) is 0 Å². The highest BCUT2D eigenvalue weighted by Gasteiger charge is 2.22. The number of hydrogen-bond acceptors (Lipinski definition) is 3. The highest BCUT2D eigenvalue weighted by atomic mass is 15.1. The van der Waals surface area contributed by atoms with Gasteiger partial charge >= 0.3 is 0 Å². The fourth-order valence-electron chi connectivity index (χ4n) is 7.41. The number of aromatic nitrogens is 6. The second kappa shape index (κ2) is 12.1. The number of rotatable bonds is 6.